The summed E-state index contributed by atoms with van der Waals surface area (Å²) in [5.41, 5.74) is 0. The Bertz CT molecular complexity index is 1230. The summed E-state index contributed by atoms with van der Waals surface area (Å²) in [6.07, 6.45) is 4.53. The summed E-state index contributed by atoms with van der Waals surface area (Å²) >= 11 is 0. The lowest BCUT2D eigenvalue weighted by molar-refractivity contribution is -0.168. The van der Waals surface area contributed by atoms with E-state index in [4.69, 9.17) is 19.4 Å². The molecule has 232 valence electrons. The molecule has 0 amide bonds. The number of ketones is 2. The molecule has 0 bridgehead atoms. The van der Waals surface area contributed by atoms with Gasteiger partial charge in [-0.1, -0.05) is 60.7 Å². The zero-order chi connectivity index (χ0) is 33.2. The predicted octanol–water partition coefficient (Wildman–Crippen LogP) is 7.39. The van der Waals surface area contributed by atoms with E-state index in [1.165, 1.54) is 36.8 Å². The van der Waals surface area contributed by atoms with E-state index in [2.05, 4.69) is 0 Å². The molecule has 2 aromatic rings. The molecule has 0 fully saturated rings. The summed E-state index contributed by atoms with van der Waals surface area (Å²) in [6, 6.07) is 18.4. The second-order valence-corrected chi connectivity index (χ2v) is 7.22. The van der Waals surface area contributed by atoms with Gasteiger partial charge in [0.1, 0.15) is 17.8 Å². The smallest absolute Gasteiger partial charge is 0.454 e. The maximum atomic E-state index is 11.8. The number of carbonyl (C=O) groups is 4. The van der Waals surface area contributed by atoms with E-state index < -0.39 is 29.9 Å². The van der Waals surface area contributed by atoms with Gasteiger partial charge in [-0.3, -0.25) is 19.2 Å². The van der Waals surface area contributed by atoms with Crippen LogP contribution in [0.15, 0.2) is 122 Å². The van der Waals surface area contributed by atoms with Crippen LogP contribution in [0.3, 0.4) is 0 Å². The maximum Gasteiger partial charge on any atom is 0.454 e. The van der Waals surface area contributed by atoms with Gasteiger partial charge in [0.05, 0.1) is 12.5 Å². The van der Waals surface area contributed by atoms with Gasteiger partial charge in [-0.25, -0.2) is 0 Å². The fourth-order valence-electron chi connectivity index (χ4n) is 1.80. The normalized spacial score (nSPS) is 11.3. The largest absolute Gasteiger partial charge is 0.481 e. The van der Waals surface area contributed by atoms with Gasteiger partial charge in [0.15, 0.2) is 0 Å². The van der Waals surface area contributed by atoms with E-state index in [0.29, 0.717) is 25.0 Å². The molecule has 2 rings (SSSR count). The third kappa shape index (κ3) is 28.1. The van der Waals surface area contributed by atoms with Gasteiger partial charge in [0.2, 0.25) is 5.78 Å². The summed E-state index contributed by atoms with van der Waals surface area (Å²) in [6.45, 7) is 1.57. The minimum absolute atomic E-state index is 0.461. The first kappa shape index (κ1) is 39.9. The van der Waals surface area contributed by atoms with Crippen LogP contribution in [-0.2, 0) is 19.2 Å². The van der Waals surface area contributed by atoms with E-state index in [0.717, 1.165) is 18.7 Å². The number of alkyl halides is 6. The highest BCUT2D eigenvalue weighted by Crippen LogP contribution is 2.16. The Labute approximate surface area is 243 Å². The maximum absolute atomic E-state index is 11.8. The summed E-state index contributed by atoms with van der Waals surface area (Å²) in [5.74, 6) is -3.05. The summed E-state index contributed by atoms with van der Waals surface area (Å²) in [7, 11) is 0. The van der Waals surface area contributed by atoms with Crippen molar-refractivity contribution in [1.82, 2.24) is 0 Å². The van der Waals surface area contributed by atoms with Crippen LogP contribution < -0.4 is 9.47 Å². The fourth-order valence-corrected chi connectivity index (χ4v) is 1.80. The molecular weight excluding hydrogens is 586 g/mol. The third-order valence-electron chi connectivity index (χ3n) is 3.61. The van der Waals surface area contributed by atoms with Gasteiger partial charge in [-0.05, 0) is 48.6 Å². The molecule has 0 aliphatic heterocycles. The molecule has 0 aliphatic rings. The van der Waals surface area contributed by atoms with Gasteiger partial charge < -0.3 is 14.6 Å². The number of carboxylic acids is 1. The molecule has 0 atom stereocenters. The van der Waals surface area contributed by atoms with Crippen LogP contribution in [0.25, 0.3) is 0 Å². The fraction of sp³-hybridized carbons (Fsp3) is 0.133. The van der Waals surface area contributed by atoms with Gasteiger partial charge >= 0.3 is 12.4 Å². The molecule has 0 spiro atoms. The molecular formula is C30H28F6O7. The van der Waals surface area contributed by atoms with Gasteiger partial charge in [0, 0.05) is 13.8 Å². The monoisotopic (exact) mass is 614 g/mol. The zero-order valence-corrected chi connectivity index (χ0v) is 22.8. The van der Waals surface area contributed by atoms with E-state index >= 15 is 0 Å². The van der Waals surface area contributed by atoms with Crippen molar-refractivity contribution in [3.05, 3.63) is 122 Å². The Hall–Kier alpha value is -5.20. The number of carbonyl (C=O) groups excluding carboxylic acids is 3. The van der Waals surface area contributed by atoms with Crippen molar-refractivity contribution < 1.29 is 60.1 Å². The first-order valence-corrected chi connectivity index (χ1v) is 11.7. The molecule has 0 radical (unpaired) electrons. The summed E-state index contributed by atoms with van der Waals surface area (Å²) in [5, 5.41) is 7.42. The number of ether oxygens (including phenoxy) is 2. The Morgan fingerprint density at radius 1 is 0.628 bits per heavy atom. The van der Waals surface area contributed by atoms with Gasteiger partial charge in [-0.15, -0.1) is 0 Å². The molecule has 43 heavy (non-hydrogen) atoms. The number of carboxylic acid groups (broad SMARTS) is 1. The van der Waals surface area contributed by atoms with Crippen molar-refractivity contribution in [2.45, 2.75) is 26.2 Å². The molecule has 1 N–H and O–H groups in total. The van der Waals surface area contributed by atoms with Crippen molar-refractivity contribution in [2.24, 2.45) is 0 Å². The lowest BCUT2D eigenvalue weighted by Crippen LogP contribution is -2.19. The topological polar surface area (TPSA) is 107 Å². The highest BCUT2D eigenvalue weighted by molar-refractivity contribution is 5.94. The number of halogens is 6. The minimum Gasteiger partial charge on any atom is -0.481 e. The Morgan fingerprint density at radius 3 is 1.30 bits per heavy atom. The first-order valence-electron chi connectivity index (χ1n) is 11.7. The molecule has 13 heteroatoms. The van der Waals surface area contributed by atoms with Crippen LogP contribution in [-0.4, -0.2) is 41.3 Å². The predicted molar refractivity (Wildman–Crippen MR) is 147 cm³/mol. The van der Waals surface area contributed by atoms with Crippen molar-refractivity contribution in [2.75, 3.05) is 0 Å². The standard InChI is InChI=1S/C14H11F3O2.C11H10O2.C3H3F3O.C2H4O2/c15-14(16,17)13(18)10-6-1-2-7-11-19-12-8-4-3-5-9-12;12-9-5-2-6-10-13-11-7-3-1-4-8-11;1-2(7)3(4,5)6;1-2(3)4/h1-11H;1-10H;1H3;1H3,(H,3,4)/b2-1+,10-6+,11-7+;5-2+,10-6+;;. The van der Waals surface area contributed by atoms with Crippen LogP contribution in [0, 0.1) is 0 Å². The SMILES string of the molecule is CC(=O)C(F)(F)F.CC(=O)O.O=C(/C=C/C=C/C=C/Oc1ccccc1)C(F)(F)F.O=C/C=C/C=C/Oc1ccccc1. The number of hydrogen-bond acceptors (Lipinski definition) is 6. The molecule has 0 aromatic heterocycles. The molecule has 2 aromatic carbocycles. The van der Waals surface area contributed by atoms with Crippen LogP contribution in [0.2, 0.25) is 0 Å². The molecule has 0 saturated heterocycles. The van der Waals surface area contributed by atoms with E-state index in [1.54, 1.807) is 24.3 Å². The van der Waals surface area contributed by atoms with Crippen molar-refractivity contribution in [3.63, 3.8) is 0 Å². The number of hydrogen-bond donors (Lipinski definition) is 1. The number of Topliss-reactive ketones (excluding diaryl/α,β-unsaturated/α-hetero) is 1. The van der Waals surface area contributed by atoms with Crippen LogP contribution >= 0.6 is 0 Å². The number of rotatable bonds is 9. The van der Waals surface area contributed by atoms with Crippen LogP contribution in [0.1, 0.15) is 13.8 Å². The lowest BCUT2D eigenvalue weighted by Gasteiger charge is -1.97. The summed E-state index contributed by atoms with van der Waals surface area (Å²) in [4.78, 5) is 38.7. The van der Waals surface area contributed by atoms with Gasteiger partial charge in [0.25, 0.3) is 11.8 Å². The number of benzene rings is 2. The average Bonchev–Trinajstić information content (AvgIpc) is 2.93. The first-order chi connectivity index (χ1) is 20.1. The van der Waals surface area contributed by atoms with Gasteiger partial charge in [-0.2, -0.15) is 26.3 Å². The number of aldehydes is 1. The highest BCUT2D eigenvalue weighted by Gasteiger charge is 2.35. The molecule has 0 saturated carbocycles. The third-order valence-corrected chi connectivity index (χ3v) is 3.61. The second kappa shape index (κ2) is 23.5. The van der Waals surface area contributed by atoms with E-state index in [-0.39, 0.29) is 0 Å². The van der Waals surface area contributed by atoms with E-state index in [9.17, 15) is 40.7 Å². The van der Waals surface area contributed by atoms with Crippen LogP contribution in [0.5, 0.6) is 11.5 Å². The molecule has 0 heterocycles. The summed E-state index contributed by atoms with van der Waals surface area (Å²) < 4.78 is 78.3. The molecule has 7 nitrogen and oxygen atoms in total. The lowest BCUT2D eigenvalue weighted by atomic mass is 10.3. The van der Waals surface area contributed by atoms with Crippen molar-refractivity contribution >= 4 is 23.8 Å². The Kier molecular flexibility index (Phi) is 21.8. The minimum atomic E-state index is -4.82. The zero-order valence-electron chi connectivity index (χ0n) is 22.8. The van der Waals surface area contributed by atoms with E-state index in [1.807, 2.05) is 48.5 Å². The average molecular weight is 615 g/mol. The van der Waals surface area contributed by atoms with Crippen LogP contribution in [0.4, 0.5) is 26.3 Å². The number of para-hydroxylation sites is 2. The Balaban J connectivity index is 0. The molecule has 0 aliphatic carbocycles. The molecule has 0 unspecified atom stereocenters. The quantitative estimate of drug-likeness (QED) is 0.103. The Morgan fingerprint density at radius 2 is 0.977 bits per heavy atom. The van der Waals surface area contributed by atoms with Crippen molar-refractivity contribution in [3.8, 4) is 11.5 Å². The highest BCUT2D eigenvalue weighted by atomic mass is 19.4. The van der Waals surface area contributed by atoms with Crippen molar-refractivity contribution in [1.29, 1.82) is 0 Å². The number of allylic oxidation sites excluding steroid dienone is 8. The number of aliphatic carboxylic acids is 1. The second-order valence-electron chi connectivity index (χ2n) is 7.22.